The third-order valence-electron chi connectivity index (χ3n) is 2.55. The number of hydrogen-bond acceptors (Lipinski definition) is 3. The summed E-state index contributed by atoms with van der Waals surface area (Å²) < 4.78 is 0. The van der Waals surface area contributed by atoms with E-state index in [2.05, 4.69) is 4.98 Å². The van der Waals surface area contributed by atoms with Crippen LogP contribution in [0.25, 0.3) is 0 Å². The number of thiazole rings is 1. The highest BCUT2D eigenvalue weighted by atomic mass is 35.5. The quantitative estimate of drug-likeness (QED) is 0.778. The first-order chi connectivity index (χ1) is 8.49. The zero-order valence-electron chi connectivity index (χ0n) is 9.96. The lowest BCUT2D eigenvalue weighted by atomic mass is 10.1. The molecule has 0 fully saturated rings. The van der Waals surface area contributed by atoms with E-state index in [1.165, 1.54) is 11.3 Å². The Hall–Kier alpha value is -0.900. The van der Waals surface area contributed by atoms with Gasteiger partial charge in [0, 0.05) is 23.4 Å². The molecule has 5 heteroatoms. The van der Waals surface area contributed by atoms with Crippen molar-refractivity contribution in [2.24, 2.45) is 0 Å². The SMILES string of the molecule is CC(=O)c1sc(Cc2c(Cl)cccc2Cl)nc1C. The van der Waals surface area contributed by atoms with E-state index in [1.54, 1.807) is 19.1 Å². The van der Waals surface area contributed by atoms with Crippen LogP contribution in [-0.2, 0) is 6.42 Å². The number of carbonyl (C=O) groups excluding carboxylic acids is 1. The van der Waals surface area contributed by atoms with Gasteiger partial charge < -0.3 is 0 Å². The molecular weight excluding hydrogens is 289 g/mol. The summed E-state index contributed by atoms with van der Waals surface area (Å²) in [6.07, 6.45) is 0.553. The van der Waals surface area contributed by atoms with Gasteiger partial charge in [0.15, 0.2) is 5.78 Å². The number of ketones is 1. The Morgan fingerprint density at radius 1 is 1.33 bits per heavy atom. The highest BCUT2D eigenvalue weighted by Crippen LogP contribution is 2.29. The van der Waals surface area contributed by atoms with Crippen LogP contribution in [0.1, 0.15) is 32.9 Å². The molecule has 1 aromatic carbocycles. The van der Waals surface area contributed by atoms with Crippen molar-refractivity contribution in [1.29, 1.82) is 0 Å². The first kappa shape index (κ1) is 13.5. The minimum absolute atomic E-state index is 0.0431. The lowest BCUT2D eigenvalue weighted by molar-refractivity contribution is 0.102. The molecule has 94 valence electrons. The number of aromatic nitrogens is 1. The zero-order valence-corrected chi connectivity index (χ0v) is 12.3. The Morgan fingerprint density at radius 2 is 1.94 bits per heavy atom. The maximum Gasteiger partial charge on any atom is 0.171 e. The summed E-state index contributed by atoms with van der Waals surface area (Å²) >= 11 is 13.6. The molecule has 1 aromatic heterocycles. The number of hydrogen-bond donors (Lipinski definition) is 0. The number of Topliss-reactive ketones (excluding diaryl/α,β-unsaturated/α-hetero) is 1. The van der Waals surface area contributed by atoms with Crippen LogP contribution in [0, 0.1) is 6.92 Å². The molecule has 0 amide bonds. The van der Waals surface area contributed by atoms with Gasteiger partial charge >= 0.3 is 0 Å². The van der Waals surface area contributed by atoms with Crippen LogP contribution in [-0.4, -0.2) is 10.8 Å². The van der Waals surface area contributed by atoms with Crippen LogP contribution in [0.2, 0.25) is 10.0 Å². The topological polar surface area (TPSA) is 30.0 Å². The van der Waals surface area contributed by atoms with Gasteiger partial charge in [-0.25, -0.2) is 4.98 Å². The predicted octanol–water partition coefficient (Wildman–Crippen LogP) is 4.55. The third-order valence-corrected chi connectivity index (χ3v) is 4.52. The molecule has 0 saturated heterocycles. The molecule has 1 heterocycles. The van der Waals surface area contributed by atoms with Gasteiger partial charge in [0.25, 0.3) is 0 Å². The van der Waals surface area contributed by atoms with Crippen LogP contribution in [0.3, 0.4) is 0 Å². The van der Waals surface area contributed by atoms with Crippen LogP contribution in [0.5, 0.6) is 0 Å². The normalized spacial score (nSPS) is 10.7. The van der Waals surface area contributed by atoms with E-state index in [0.717, 1.165) is 16.3 Å². The van der Waals surface area contributed by atoms with E-state index in [0.29, 0.717) is 21.3 Å². The van der Waals surface area contributed by atoms with E-state index in [-0.39, 0.29) is 5.78 Å². The first-order valence-electron chi connectivity index (χ1n) is 5.39. The van der Waals surface area contributed by atoms with Crippen molar-refractivity contribution >= 4 is 40.3 Å². The van der Waals surface area contributed by atoms with Gasteiger partial charge in [-0.05, 0) is 24.6 Å². The molecule has 0 N–H and O–H groups in total. The predicted molar refractivity (Wildman–Crippen MR) is 76.1 cm³/mol. The molecule has 0 aliphatic heterocycles. The molecule has 0 bridgehead atoms. The van der Waals surface area contributed by atoms with Crippen LogP contribution >= 0.6 is 34.5 Å². The fraction of sp³-hybridized carbons (Fsp3) is 0.231. The van der Waals surface area contributed by atoms with Gasteiger partial charge in [0.1, 0.15) is 0 Å². The van der Waals surface area contributed by atoms with Crippen molar-refractivity contribution in [2.45, 2.75) is 20.3 Å². The van der Waals surface area contributed by atoms with E-state index in [1.807, 2.05) is 13.0 Å². The van der Waals surface area contributed by atoms with Gasteiger partial charge in [-0.15, -0.1) is 11.3 Å². The molecule has 0 spiro atoms. The summed E-state index contributed by atoms with van der Waals surface area (Å²) in [6.45, 7) is 3.39. The smallest absolute Gasteiger partial charge is 0.171 e. The Bertz CT molecular complexity index is 587. The molecular formula is C13H11Cl2NOS. The van der Waals surface area contributed by atoms with Crippen molar-refractivity contribution in [3.8, 4) is 0 Å². The molecule has 2 aromatic rings. The number of carbonyl (C=O) groups is 1. The van der Waals surface area contributed by atoms with Crippen molar-refractivity contribution in [1.82, 2.24) is 4.98 Å². The van der Waals surface area contributed by atoms with E-state index >= 15 is 0 Å². The van der Waals surface area contributed by atoms with E-state index in [9.17, 15) is 4.79 Å². The van der Waals surface area contributed by atoms with Gasteiger partial charge in [-0.2, -0.15) is 0 Å². The lowest BCUT2D eigenvalue weighted by Gasteiger charge is -2.03. The molecule has 2 nitrogen and oxygen atoms in total. The highest BCUT2D eigenvalue weighted by molar-refractivity contribution is 7.13. The molecule has 2 rings (SSSR count). The second-order valence-electron chi connectivity index (χ2n) is 3.96. The summed E-state index contributed by atoms with van der Waals surface area (Å²) in [5.41, 5.74) is 1.62. The van der Waals surface area contributed by atoms with Gasteiger partial charge in [0.2, 0.25) is 0 Å². The van der Waals surface area contributed by atoms with E-state index in [4.69, 9.17) is 23.2 Å². The average Bonchev–Trinajstić information content (AvgIpc) is 2.65. The summed E-state index contributed by atoms with van der Waals surface area (Å²) in [7, 11) is 0. The molecule has 0 unspecified atom stereocenters. The fourth-order valence-corrected chi connectivity index (χ4v) is 3.21. The number of benzene rings is 1. The Balaban J connectivity index is 2.35. The minimum Gasteiger partial charge on any atom is -0.294 e. The molecule has 0 saturated carbocycles. The van der Waals surface area contributed by atoms with Crippen LogP contribution in [0.4, 0.5) is 0 Å². The molecule has 0 aliphatic rings. The average molecular weight is 300 g/mol. The van der Waals surface area contributed by atoms with Crippen LogP contribution < -0.4 is 0 Å². The van der Waals surface area contributed by atoms with Gasteiger partial charge in [-0.1, -0.05) is 29.3 Å². The third kappa shape index (κ3) is 2.74. The molecule has 0 aliphatic carbocycles. The van der Waals surface area contributed by atoms with Crippen molar-refractivity contribution in [2.75, 3.05) is 0 Å². The Labute approximate surface area is 120 Å². The van der Waals surface area contributed by atoms with Gasteiger partial charge in [-0.3, -0.25) is 4.79 Å². The van der Waals surface area contributed by atoms with Crippen molar-refractivity contribution in [3.05, 3.63) is 49.4 Å². The molecule has 18 heavy (non-hydrogen) atoms. The van der Waals surface area contributed by atoms with E-state index < -0.39 is 0 Å². The highest BCUT2D eigenvalue weighted by Gasteiger charge is 2.14. The van der Waals surface area contributed by atoms with Crippen molar-refractivity contribution < 1.29 is 4.79 Å². The minimum atomic E-state index is 0.0431. The lowest BCUT2D eigenvalue weighted by Crippen LogP contribution is -1.90. The standard InChI is InChI=1S/C13H11Cl2NOS/c1-7-13(8(2)17)18-12(16-7)6-9-10(14)4-3-5-11(9)15/h3-5H,6H2,1-2H3. The number of nitrogens with zero attached hydrogens (tertiary/aromatic N) is 1. The maximum atomic E-state index is 11.4. The summed E-state index contributed by atoms with van der Waals surface area (Å²) in [4.78, 5) is 16.5. The summed E-state index contributed by atoms with van der Waals surface area (Å²) in [5.74, 6) is 0.0431. The number of rotatable bonds is 3. The van der Waals surface area contributed by atoms with Crippen molar-refractivity contribution in [3.63, 3.8) is 0 Å². The zero-order chi connectivity index (χ0) is 13.3. The van der Waals surface area contributed by atoms with Gasteiger partial charge in [0.05, 0.1) is 15.6 Å². The first-order valence-corrected chi connectivity index (χ1v) is 6.96. The monoisotopic (exact) mass is 299 g/mol. The maximum absolute atomic E-state index is 11.4. The molecule has 0 atom stereocenters. The second-order valence-corrected chi connectivity index (χ2v) is 5.85. The second kappa shape index (κ2) is 5.39. The largest absolute Gasteiger partial charge is 0.294 e. The van der Waals surface area contributed by atoms with Crippen LogP contribution in [0.15, 0.2) is 18.2 Å². The molecule has 0 radical (unpaired) electrons. The number of halogens is 2. The Morgan fingerprint density at radius 3 is 2.44 bits per heavy atom. The Kier molecular flexibility index (Phi) is 4.05. The number of aryl methyl sites for hydroxylation is 1. The summed E-state index contributed by atoms with van der Waals surface area (Å²) in [6, 6.07) is 5.41. The summed E-state index contributed by atoms with van der Waals surface area (Å²) in [5, 5.41) is 2.10. The fourth-order valence-electron chi connectivity index (χ4n) is 1.71.